The number of hydrogen-bond donors (Lipinski definition) is 1. The second-order valence-electron chi connectivity index (χ2n) is 3.22. The van der Waals surface area contributed by atoms with Gasteiger partial charge in [-0.2, -0.15) is 0 Å². The summed E-state index contributed by atoms with van der Waals surface area (Å²) < 4.78 is 0. The highest BCUT2D eigenvalue weighted by Crippen LogP contribution is 1.93. The number of amides is 1. The topological polar surface area (TPSA) is 32.3 Å². The largest absolute Gasteiger partial charge is 0.339 e. The molecule has 0 radical (unpaired) electrons. The molecule has 0 rings (SSSR count). The van der Waals surface area contributed by atoms with Crippen LogP contribution < -0.4 is 5.32 Å². The van der Waals surface area contributed by atoms with E-state index in [0.29, 0.717) is 13.0 Å². The van der Waals surface area contributed by atoms with Crippen molar-refractivity contribution in [3.05, 3.63) is 12.7 Å². The van der Waals surface area contributed by atoms with E-state index < -0.39 is 0 Å². The van der Waals surface area contributed by atoms with Gasteiger partial charge in [0.25, 0.3) is 0 Å². The number of rotatable bonds is 8. The lowest BCUT2D eigenvalue weighted by Gasteiger charge is -2.18. The molecule has 0 heterocycles. The normalized spacial score (nSPS) is 9.86. The summed E-state index contributed by atoms with van der Waals surface area (Å²) in [5, 5.41) is 3.21. The molecule has 1 amide bonds. The van der Waals surface area contributed by atoms with Crippen molar-refractivity contribution < 1.29 is 4.79 Å². The zero-order chi connectivity index (χ0) is 10.8. The lowest BCUT2D eigenvalue weighted by molar-refractivity contribution is -0.130. The molecule has 14 heavy (non-hydrogen) atoms. The van der Waals surface area contributed by atoms with E-state index in [1.807, 2.05) is 6.92 Å². The number of nitrogens with one attached hydrogen (secondary N) is 1. The van der Waals surface area contributed by atoms with E-state index in [4.69, 9.17) is 0 Å². The van der Waals surface area contributed by atoms with Crippen molar-refractivity contribution in [1.82, 2.24) is 10.2 Å². The van der Waals surface area contributed by atoms with Gasteiger partial charge in [-0.05, 0) is 19.9 Å². The molecular weight excluding hydrogens is 176 g/mol. The molecule has 0 atom stereocenters. The number of nitrogens with zero attached hydrogens (tertiary/aromatic N) is 1. The van der Waals surface area contributed by atoms with Gasteiger partial charge >= 0.3 is 0 Å². The van der Waals surface area contributed by atoms with E-state index in [9.17, 15) is 4.79 Å². The molecule has 0 aromatic heterocycles. The van der Waals surface area contributed by atoms with Gasteiger partial charge in [0, 0.05) is 26.1 Å². The number of carbonyl (C=O) groups excluding carboxylic acids is 1. The van der Waals surface area contributed by atoms with Gasteiger partial charge in [0.1, 0.15) is 0 Å². The van der Waals surface area contributed by atoms with Gasteiger partial charge in [0.15, 0.2) is 0 Å². The molecule has 0 spiro atoms. The van der Waals surface area contributed by atoms with Gasteiger partial charge in [-0.3, -0.25) is 4.79 Å². The van der Waals surface area contributed by atoms with Gasteiger partial charge in [-0.1, -0.05) is 13.0 Å². The molecule has 0 aromatic carbocycles. The number of likely N-dealkylation sites (N-methyl/N-ethyl adjacent to an activating group) is 1. The third-order valence-corrected chi connectivity index (χ3v) is 2.03. The molecule has 0 fully saturated rings. The first-order chi connectivity index (χ1) is 6.76. The highest BCUT2D eigenvalue weighted by molar-refractivity contribution is 5.76. The lowest BCUT2D eigenvalue weighted by atomic mass is 10.3. The SMILES string of the molecule is C=CCN(CC)C(=O)CCNCCC. The molecule has 0 aliphatic heterocycles. The average molecular weight is 198 g/mol. The Morgan fingerprint density at radius 2 is 2.14 bits per heavy atom. The van der Waals surface area contributed by atoms with Crippen LogP contribution in [-0.4, -0.2) is 37.0 Å². The van der Waals surface area contributed by atoms with Crippen LogP contribution in [0.2, 0.25) is 0 Å². The molecule has 3 heteroatoms. The second-order valence-corrected chi connectivity index (χ2v) is 3.22. The van der Waals surface area contributed by atoms with E-state index >= 15 is 0 Å². The quantitative estimate of drug-likeness (QED) is 0.472. The molecule has 3 nitrogen and oxygen atoms in total. The standard InChI is InChI=1S/C11H22N2O/c1-4-8-12-9-7-11(14)13(6-3)10-5-2/h5,12H,2,4,6-10H2,1,3H3. The molecule has 0 aliphatic carbocycles. The lowest BCUT2D eigenvalue weighted by Crippen LogP contribution is -2.33. The third kappa shape index (κ3) is 5.75. The molecule has 0 bridgehead atoms. The zero-order valence-corrected chi connectivity index (χ0v) is 9.38. The highest BCUT2D eigenvalue weighted by atomic mass is 16.2. The summed E-state index contributed by atoms with van der Waals surface area (Å²) in [7, 11) is 0. The average Bonchev–Trinajstić information content (AvgIpc) is 2.20. The second kappa shape index (κ2) is 8.75. The Labute approximate surface area is 87.2 Å². The maximum absolute atomic E-state index is 11.6. The van der Waals surface area contributed by atoms with E-state index in [1.165, 1.54) is 0 Å². The van der Waals surface area contributed by atoms with Crippen LogP contribution in [0.5, 0.6) is 0 Å². The van der Waals surface area contributed by atoms with Crippen molar-refractivity contribution in [2.45, 2.75) is 26.7 Å². The molecule has 0 saturated carbocycles. The summed E-state index contributed by atoms with van der Waals surface area (Å²) in [6.45, 7) is 10.9. The Bertz CT molecular complexity index is 169. The van der Waals surface area contributed by atoms with Crippen molar-refractivity contribution in [3.8, 4) is 0 Å². The van der Waals surface area contributed by atoms with E-state index in [2.05, 4.69) is 18.8 Å². The molecule has 0 aromatic rings. The fourth-order valence-corrected chi connectivity index (χ4v) is 1.22. The Kier molecular flexibility index (Phi) is 8.24. The van der Waals surface area contributed by atoms with E-state index in [0.717, 1.165) is 26.1 Å². The number of carbonyl (C=O) groups is 1. The van der Waals surface area contributed by atoms with Gasteiger partial charge in [0.05, 0.1) is 0 Å². The minimum absolute atomic E-state index is 0.205. The smallest absolute Gasteiger partial charge is 0.224 e. The van der Waals surface area contributed by atoms with Crippen molar-refractivity contribution in [1.29, 1.82) is 0 Å². The molecule has 1 N–H and O–H groups in total. The fourth-order valence-electron chi connectivity index (χ4n) is 1.22. The Morgan fingerprint density at radius 1 is 1.43 bits per heavy atom. The van der Waals surface area contributed by atoms with Crippen molar-refractivity contribution in [3.63, 3.8) is 0 Å². The predicted octanol–water partition coefficient (Wildman–Crippen LogP) is 1.41. The summed E-state index contributed by atoms with van der Waals surface area (Å²) in [5.74, 6) is 0.205. The van der Waals surface area contributed by atoms with E-state index in [1.54, 1.807) is 11.0 Å². The Hall–Kier alpha value is -0.830. The van der Waals surface area contributed by atoms with Crippen molar-refractivity contribution >= 4 is 5.91 Å². The molecule has 82 valence electrons. The van der Waals surface area contributed by atoms with Crippen LogP contribution in [0, 0.1) is 0 Å². The maximum atomic E-state index is 11.6. The van der Waals surface area contributed by atoms with Gasteiger partial charge in [0.2, 0.25) is 5.91 Å². The van der Waals surface area contributed by atoms with Crippen LogP contribution in [0.1, 0.15) is 26.7 Å². The highest BCUT2D eigenvalue weighted by Gasteiger charge is 2.08. The Balaban J connectivity index is 3.63. The van der Waals surface area contributed by atoms with Gasteiger partial charge in [-0.25, -0.2) is 0 Å². The molecule has 0 unspecified atom stereocenters. The first-order valence-electron chi connectivity index (χ1n) is 5.35. The molecular formula is C11H22N2O. The summed E-state index contributed by atoms with van der Waals surface area (Å²) in [5.41, 5.74) is 0. The minimum Gasteiger partial charge on any atom is -0.339 e. The predicted molar refractivity (Wildman–Crippen MR) is 60.2 cm³/mol. The molecule has 0 saturated heterocycles. The van der Waals surface area contributed by atoms with Crippen LogP contribution in [0.25, 0.3) is 0 Å². The third-order valence-electron chi connectivity index (χ3n) is 2.03. The number of hydrogen-bond acceptors (Lipinski definition) is 2. The van der Waals surface area contributed by atoms with Crippen LogP contribution in [0.4, 0.5) is 0 Å². The summed E-state index contributed by atoms with van der Waals surface area (Å²) in [4.78, 5) is 13.4. The summed E-state index contributed by atoms with van der Waals surface area (Å²) >= 11 is 0. The Morgan fingerprint density at radius 3 is 2.64 bits per heavy atom. The van der Waals surface area contributed by atoms with Crippen molar-refractivity contribution in [2.75, 3.05) is 26.2 Å². The van der Waals surface area contributed by atoms with Crippen LogP contribution in [0.15, 0.2) is 12.7 Å². The summed E-state index contributed by atoms with van der Waals surface area (Å²) in [6, 6.07) is 0. The van der Waals surface area contributed by atoms with E-state index in [-0.39, 0.29) is 5.91 Å². The van der Waals surface area contributed by atoms with Crippen LogP contribution in [0.3, 0.4) is 0 Å². The first-order valence-corrected chi connectivity index (χ1v) is 5.35. The maximum Gasteiger partial charge on any atom is 0.224 e. The zero-order valence-electron chi connectivity index (χ0n) is 9.38. The monoisotopic (exact) mass is 198 g/mol. The van der Waals surface area contributed by atoms with Gasteiger partial charge < -0.3 is 10.2 Å². The van der Waals surface area contributed by atoms with Crippen LogP contribution in [-0.2, 0) is 4.79 Å². The van der Waals surface area contributed by atoms with Gasteiger partial charge in [-0.15, -0.1) is 6.58 Å². The molecule has 0 aliphatic rings. The first kappa shape index (κ1) is 13.2. The summed E-state index contributed by atoms with van der Waals surface area (Å²) in [6.07, 6.45) is 3.46. The minimum atomic E-state index is 0.205. The fraction of sp³-hybridized carbons (Fsp3) is 0.727. The van der Waals surface area contributed by atoms with Crippen LogP contribution >= 0.6 is 0 Å². The van der Waals surface area contributed by atoms with Crippen molar-refractivity contribution in [2.24, 2.45) is 0 Å².